The second-order valence-electron chi connectivity index (χ2n) is 8.40. The Morgan fingerprint density at radius 2 is 1.90 bits per heavy atom. The zero-order valence-electron chi connectivity index (χ0n) is 17.7. The van der Waals surface area contributed by atoms with Gasteiger partial charge in [0.2, 0.25) is 0 Å². The number of benzene rings is 1. The van der Waals surface area contributed by atoms with Crippen molar-refractivity contribution in [2.24, 2.45) is 0 Å². The molecule has 6 heteroatoms. The van der Waals surface area contributed by atoms with Crippen molar-refractivity contribution >= 4 is 16.9 Å². The highest BCUT2D eigenvalue weighted by Crippen LogP contribution is 2.38. The quantitative estimate of drug-likeness (QED) is 0.523. The lowest BCUT2D eigenvalue weighted by atomic mass is 9.99. The first-order chi connectivity index (χ1) is 15.3. The summed E-state index contributed by atoms with van der Waals surface area (Å²) in [5, 5.41) is 7.71. The van der Waals surface area contributed by atoms with Crippen molar-refractivity contribution in [2.75, 3.05) is 25.1 Å². The van der Waals surface area contributed by atoms with E-state index in [0.29, 0.717) is 0 Å². The smallest absolute Gasteiger partial charge is 0.147 e. The molecule has 4 aromatic rings. The Morgan fingerprint density at radius 1 is 1.00 bits per heavy atom. The van der Waals surface area contributed by atoms with Crippen molar-refractivity contribution in [1.82, 2.24) is 20.2 Å². The number of aromatic nitrogens is 4. The fourth-order valence-corrected chi connectivity index (χ4v) is 4.98. The molecule has 1 fully saturated rings. The van der Waals surface area contributed by atoms with Gasteiger partial charge in [0, 0.05) is 36.5 Å². The van der Waals surface area contributed by atoms with Crippen molar-refractivity contribution < 1.29 is 4.74 Å². The van der Waals surface area contributed by atoms with E-state index in [1.165, 1.54) is 36.0 Å². The van der Waals surface area contributed by atoms with Gasteiger partial charge in [-0.2, -0.15) is 5.10 Å². The van der Waals surface area contributed by atoms with E-state index in [1.54, 1.807) is 7.11 Å². The Hall–Kier alpha value is -3.41. The van der Waals surface area contributed by atoms with Crippen LogP contribution in [0.1, 0.15) is 30.4 Å². The number of pyridine rings is 2. The van der Waals surface area contributed by atoms with Crippen LogP contribution in [0.2, 0.25) is 0 Å². The fraction of sp³-hybridized carbons (Fsp3) is 0.320. The topological polar surface area (TPSA) is 66.9 Å². The second-order valence-corrected chi connectivity index (χ2v) is 8.40. The number of hydrogen-bond acceptors (Lipinski definition) is 5. The van der Waals surface area contributed by atoms with E-state index in [-0.39, 0.29) is 0 Å². The SMILES string of the molecule is COc1cc2[nH]nc(-c3ccc(N4CCCC4)nc3)c2nc1-c1cccc2c1CCC2. The number of aromatic amines is 1. The molecule has 6 rings (SSSR count). The van der Waals surface area contributed by atoms with Gasteiger partial charge in [-0.25, -0.2) is 9.97 Å². The molecule has 1 N–H and O–H groups in total. The molecule has 0 spiro atoms. The first kappa shape index (κ1) is 18.4. The molecule has 6 nitrogen and oxygen atoms in total. The van der Waals surface area contributed by atoms with Gasteiger partial charge in [0.05, 0.1) is 12.6 Å². The third-order valence-corrected chi connectivity index (χ3v) is 6.57. The molecule has 0 amide bonds. The maximum atomic E-state index is 5.73. The van der Waals surface area contributed by atoms with Crippen molar-refractivity contribution in [3.8, 4) is 28.3 Å². The number of anilines is 1. The average molecular weight is 412 g/mol. The third kappa shape index (κ3) is 3.05. The minimum Gasteiger partial charge on any atom is -0.494 e. The Kier molecular flexibility index (Phi) is 4.37. The van der Waals surface area contributed by atoms with Gasteiger partial charge in [-0.3, -0.25) is 5.10 Å². The highest BCUT2D eigenvalue weighted by molar-refractivity contribution is 5.93. The van der Waals surface area contributed by atoms with Gasteiger partial charge in [0.15, 0.2) is 0 Å². The van der Waals surface area contributed by atoms with E-state index < -0.39 is 0 Å². The summed E-state index contributed by atoms with van der Waals surface area (Å²) in [4.78, 5) is 12.1. The average Bonchev–Trinajstić information content (AvgIpc) is 3.58. The number of ether oxygens (including phenoxy) is 1. The molecule has 0 radical (unpaired) electrons. The van der Waals surface area contributed by atoms with Gasteiger partial charge in [-0.05, 0) is 55.4 Å². The first-order valence-electron chi connectivity index (χ1n) is 11.1. The zero-order chi connectivity index (χ0) is 20.8. The molecule has 2 aliphatic rings. The maximum Gasteiger partial charge on any atom is 0.147 e. The molecule has 1 aliphatic carbocycles. The van der Waals surface area contributed by atoms with Crippen LogP contribution in [-0.4, -0.2) is 40.4 Å². The normalized spacial score (nSPS) is 15.6. The summed E-state index contributed by atoms with van der Waals surface area (Å²) < 4.78 is 5.73. The molecule has 3 aromatic heterocycles. The minimum absolute atomic E-state index is 0.769. The fourth-order valence-electron chi connectivity index (χ4n) is 4.98. The van der Waals surface area contributed by atoms with E-state index in [1.807, 2.05) is 12.3 Å². The largest absolute Gasteiger partial charge is 0.494 e. The number of aryl methyl sites for hydroxylation is 1. The number of nitrogens with zero attached hydrogens (tertiary/aromatic N) is 4. The minimum atomic E-state index is 0.769. The second kappa shape index (κ2) is 7.38. The van der Waals surface area contributed by atoms with Gasteiger partial charge in [0.1, 0.15) is 28.5 Å². The molecule has 0 unspecified atom stereocenters. The number of nitrogens with one attached hydrogen (secondary N) is 1. The lowest BCUT2D eigenvalue weighted by Gasteiger charge is -2.16. The molecular formula is C25H25N5O. The standard InChI is InChI=1S/C25H25N5O/c1-31-21-14-20-25(27-24(21)19-9-5-7-16-6-4-8-18(16)19)23(29-28-20)17-10-11-22(26-15-17)30-12-2-3-13-30/h5,7,9-11,14-15H,2-4,6,8,12-13H2,1H3,(H,28,29). The van der Waals surface area contributed by atoms with Crippen LogP contribution >= 0.6 is 0 Å². The van der Waals surface area contributed by atoms with E-state index in [4.69, 9.17) is 14.7 Å². The van der Waals surface area contributed by atoms with Crippen LogP contribution in [-0.2, 0) is 12.8 Å². The first-order valence-corrected chi connectivity index (χ1v) is 11.1. The van der Waals surface area contributed by atoms with Crippen molar-refractivity contribution in [2.45, 2.75) is 32.1 Å². The van der Waals surface area contributed by atoms with Gasteiger partial charge in [-0.15, -0.1) is 0 Å². The van der Waals surface area contributed by atoms with E-state index in [0.717, 1.165) is 65.5 Å². The van der Waals surface area contributed by atoms with E-state index in [2.05, 4.69) is 45.4 Å². The summed E-state index contributed by atoms with van der Waals surface area (Å²) in [6, 6.07) is 12.7. The molecule has 31 heavy (non-hydrogen) atoms. The molecule has 4 heterocycles. The Balaban J connectivity index is 1.46. The predicted octanol–water partition coefficient (Wildman–Crippen LogP) is 4.78. The molecular weight excluding hydrogens is 386 g/mol. The van der Waals surface area contributed by atoms with Gasteiger partial charge >= 0.3 is 0 Å². The van der Waals surface area contributed by atoms with Crippen molar-refractivity contribution in [3.63, 3.8) is 0 Å². The van der Waals surface area contributed by atoms with Crippen LogP contribution in [0.5, 0.6) is 5.75 Å². The van der Waals surface area contributed by atoms with Crippen molar-refractivity contribution in [1.29, 1.82) is 0 Å². The summed E-state index contributed by atoms with van der Waals surface area (Å²) in [7, 11) is 1.70. The third-order valence-electron chi connectivity index (χ3n) is 6.57. The summed E-state index contributed by atoms with van der Waals surface area (Å²) in [5.41, 5.74) is 8.39. The summed E-state index contributed by atoms with van der Waals surface area (Å²) in [6.07, 6.45) is 7.82. The Bertz CT molecular complexity index is 1260. The monoisotopic (exact) mass is 411 g/mol. The maximum absolute atomic E-state index is 5.73. The van der Waals surface area contributed by atoms with Crippen LogP contribution in [0, 0.1) is 0 Å². The molecule has 1 saturated heterocycles. The van der Waals surface area contributed by atoms with Crippen LogP contribution < -0.4 is 9.64 Å². The van der Waals surface area contributed by atoms with Crippen LogP contribution in [0.15, 0.2) is 42.6 Å². The highest BCUT2D eigenvalue weighted by Gasteiger charge is 2.21. The summed E-state index contributed by atoms with van der Waals surface area (Å²) in [6.45, 7) is 2.17. The zero-order valence-corrected chi connectivity index (χ0v) is 17.7. The van der Waals surface area contributed by atoms with Gasteiger partial charge < -0.3 is 9.64 Å². The van der Waals surface area contributed by atoms with Crippen LogP contribution in [0.25, 0.3) is 33.5 Å². The number of hydrogen-bond donors (Lipinski definition) is 1. The molecule has 156 valence electrons. The van der Waals surface area contributed by atoms with E-state index >= 15 is 0 Å². The van der Waals surface area contributed by atoms with Gasteiger partial charge in [0.25, 0.3) is 0 Å². The van der Waals surface area contributed by atoms with Crippen molar-refractivity contribution in [3.05, 3.63) is 53.7 Å². The Morgan fingerprint density at radius 3 is 2.71 bits per heavy atom. The molecule has 1 aromatic carbocycles. The van der Waals surface area contributed by atoms with Crippen LogP contribution in [0.4, 0.5) is 5.82 Å². The lowest BCUT2D eigenvalue weighted by Crippen LogP contribution is -2.18. The lowest BCUT2D eigenvalue weighted by molar-refractivity contribution is 0.415. The molecule has 1 aliphatic heterocycles. The summed E-state index contributed by atoms with van der Waals surface area (Å²) >= 11 is 0. The Labute approximate surface area is 181 Å². The number of fused-ring (bicyclic) bond motifs is 2. The molecule has 0 atom stereocenters. The van der Waals surface area contributed by atoms with E-state index in [9.17, 15) is 0 Å². The number of H-pyrrole nitrogens is 1. The number of methoxy groups -OCH3 is 1. The molecule has 0 saturated carbocycles. The number of rotatable bonds is 4. The summed E-state index contributed by atoms with van der Waals surface area (Å²) in [5.74, 6) is 1.81. The predicted molar refractivity (Wildman–Crippen MR) is 123 cm³/mol. The molecule has 0 bridgehead atoms. The highest BCUT2D eigenvalue weighted by atomic mass is 16.5. The van der Waals surface area contributed by atoms with Crippen LogP contribution in [0.3, 0.4) is 0 Å². The van der Waals surface area contributed by atoms with Gasteiger partial charge in [-0.1, -0.05) is 18.2 Å².